The second-order valence-electron chi connectivity index (χ2n) is 6.76. The molecule has 0 unspecified atom stereocenters. The fraction of sp³-hybridized carbons (Fsp3) is 0.143. The number of carbonyl (C=O) groups excluding carboxylic acids is 1. The zero-order valence-corrected chi connectivity index (χ0v) is 19.2. The number of thiazole rings is 1. The number of nitrogens with zero attached hydrogens (tertiary/aromatic N) is 5. The summed E-state index contributed by atoms with van der Waals surface area (Å²) in [6, 6.07) is 15.1. The second kappa shape index (κ2) is 9.09. The number of hydrogen-bond donors (Lipinski definition) is 1. The van der Waals surface area contributed by atoms with Crippen LogP contribution < -0.4 is 10.7 Å². The Balaban J connectivity index is 1.51. The first-order valence-corrected chi connectivity index (χ1v) is 11.6. The minimum atomic E-state index is -0.0924. The minimum absolute atomic E-state index is 0.0924. The lowest BCUT2D eigenvalue weighted by Gasteiger charge is -2.18. The summed E-state index contributed by atoms with van der Waals surface area (Å²) in [7, 11) is 0. The summed E-state index contributed by atoms with van der Waals surface area (Å²) in [5.41, 5.74) is 3.42. The largest absolute Gasteiger partial charge is 0.335 e. The molecule has 0 bridgehead atoms. The molecule has 7 nitrogen and oxygen atoms in total. The number of aryl methyl sites for hydroxylation is 1. The third-order valence-corrected chi connectivity index (χ3v) is 6.61. The maximum Gasteiger partial charge on any atom is 0.230 e. The zero-order chi connectivity index (χ0) is 22.0. The average Bonchev–Trinajstić information content (AvgIpc) is 3.34. The van der Waals surface area contributed by atoms with Gasteiger partial charge in [0, 0.05) is 23.6 Å². The Morgan fingerprint density at radius 1 is 1.23 bits per heavy atom. The SMILES string of the molecule is CC(=O)N(c1cccc(C)c1)c1nc(CSc2nnc(-c3ccccc3Cl)n2N)cs1. The molecule has 2 aromatic carbocycles. The topological polar surface area (TPSA) is 89.9 Å². The van der Waals surface area contributed by atoms with Gasteiger partial charge in [-0.2, -0.15) is 0 Å². The molecule has 2 heterocycles. The molecule has 2 N–H and O–H groups in total. The molecule has 0 atom stereocenters. The van der Waals surface area contributed by atoms with Crippen molar-refractivity contribution in [1.82, 2.24) is 19.9 Å². The third-order valence-electron chi connectivity index (χ3n) is 4.43. The number of benzene rings is 2. The molecule has 0 fully saturated rings. The maximum absolute atomic E-state index is 12.3. The van der Waals surface area contributed by atoms with Crippen LogP contribution in [0.5, 0.6) is 0 Å². The quantitative estimate of drug-likeness (QED) is 0.313. The van der Waals surface area contributed by atoms with Gasteiger partial charge >= 0.3 is 0 Å². The van der Waals surface area contributed by atoms with E-state index < -0.39 is 0 Å². The van der Waals surface area contributed by atoms with Crippen LogP contribution in [0.15, 0.2) is 59.1 Å². The number of amides is 1. The highest BCUT2D eigenvalue weighted by Gasteiger charge is 2.19. The molecule has 1 amide bonds. The molecule has 4 rings (SSSR count). The summed E-state index contributed by atoms with van der Waals surface area (Å²) in [5.74, 6) is 7.13. The van der Waals surface area contributed by atoms with E-state index in [1.54, 1.807) is 11.0 Å². The van der Waals surface area contributed by atoms with Crippen LogP contribution in [-0.4, -0.2) is 25.8 Å². The molecule has 31 heavy (non-hydrogen) atoms. The van der Waals surface area contributed by atoms with Gasteiger partial charge in [0.2, 0.25) is 11.1 Å². The highest BCUT2D eigenvalue weighted by Crippen LogP contribution is 2.32. The molecule has 0 aliphatic heterocycles. The van der Waals surface area contributed by atoms with Crippen molar-refractivity contribution in [3.63, 3.8) is 0 Å². The number of aromatic nitrogens is 4. The van der Waals surface area contributed by atoms with E-state index in [0.717, 1.165) is 22.5 Å². The Labute approximate surface area is 192 Å². The molecule has 0 saturated heterocycles. The first kappa shape index (κ1) is 21.4. The van der Waals surface area contributed by atoms with Gasteiger partial charge in [0.1, 0.15) is 0 Å². The lowest BCUT2D eigenvalue weighted by atomic mass is 10.2. The standard InChI is InChI=1S/C21H19ClN6OS2/c1-13-6-5-7-16(10-13)27(14(2)29)20-24-15(11-30-20)12-31-21-26-25-19(28(21)23)17-8-3-4-9-18(17)22/h3-11H,12,23H2,1-2H3. The molecule has 0 spiro atoms. The van der Waals surface area contributed by atoms with Crippen LogP contribution in [0.3, 0.4) is 0 Å². The Morgan fingerprint density at radius 2 is 2.03 bits per heavy atom. The second-order valence-corrected chi connectivity index (χ2v) is 8.95. The summed E-state index contributed by atoms with van der Waals surface area (Å²) in [5, 5.41) is 12.0. The third kappa shape index (κ3) is 4.58. The van der Waals surface area contributed by atoms with Crippen LogP contribution in [0.4, 0.5) is 10.8 Å². The van der Waals surface area contributed by atoms with Gasteiger partial charge in [-0.15, -0.1) is 21.5 Å². The van der Waals surface area contributed by atoms with Crippen LogP contribution >= 0.6 is 34.7 Å². The van der Waals surface area contributed by atoms with Crippen LogP contribution in [0.25, 0.3) is 11.4 Å². The van der Waals surface area contributed by atoms with Crippen LogP contribution in [0.2, 0.25) is 5.02 Å². The van der Waals surface area contributed by atoms with Crippen LogP contribution in [-0.2, 0) is 10.5 Å². The molecule has 4 aromatic rings. The molecular weight excluding hydrogens is 452 g/mol. The zero-order valence-electron chi connectivity index (χ0n) is 16.8. The summed E-state index contributed by atoms with van der Waals surface area (Å²) in [6.07, 6.45) is 0. The Kier molecular flexibility index (Phi) is 6.26. The van der Waals surface area contributed by atoms with Gasteiger partial charge in [0.25, 0.3) is 0 Å². The average molecular weight is 471 g/mol. The number of nitrogen functional groups attached to an aromatic ring is 1. The number of thioether (sulfide) groups is 1. The van der Waals surface area contributed by atoms with Gasteiger partial charge in [-0.25, -0.2) is 9.66 Å². The van der Waals surface area contributed by atoms with E-state index >= 15 is 0 Å². The number of carbonyl (C=O) groups is 1. The Morgan fingerprint density at radius 3 is 2.77 bits per heavy atom. The molecule has 158 valence electrons. The molecule has 2 aromatic heterocycles. The fourth-order valence-corrected chi connectivity index (χ4v) is 4.96. The lowest BCUT2D eigenvalue weighted by molar-refractivity contribution is -0.115. The smallest absolute Gasteiger partial charge is 0.230 e. The summed E-state index contributed by atoms with van der Waals surface area (Å²) < 4.78 is 1.42. The highest BCUT2D eigenvalue weighted by molar-refractivity contribution is 7.98. The number of anilines is 2. The molecule has 0 aliphatic carbocycles. The normalized spacial score (nSPS) is 10.9. The van der Waals surface area contributed by atoms with E-state index in [4.69, 9.17) is 17.4 Å². The number of halogens is 1. The Hall–Kier alpha value is -2.88. The number of hydrogen-bond acceptors (Lipinski definition) is 7. The highest BCUT2D eigenvalue weighted by atomic mass is 35.5. The van der Waals surface area contributed by atoms with Gasteiger partial charge in [0.05, 0.1) is 16.4 Å². The summed E-state index contributed by atoms with van der Waals surface area (Å²) in [6.45, 7) is 3.52. The van der Waals surface area contributed by atoms with Gasteiger partial charge < -0.3 is 5.84 Å². The van der Waals surface area contributed by atoms with Crippen molar-refractivity contribution in [2.45, 2.75) is 24.8 Å². The van der Waals surface area contributed by atoms with Crippen molar-refractivity contribution in [1.29, 1.82) is 0 Å². The van der Waals surface area contributed by atoms with Crippen LogP contribution in [0, 0.1) is 6.92 Å². The van der Waals surface area contributed by atoms with Crippen molar-refractivity contribution in [2.75, 3.05) is 10.7 Å². The molecular formula is C21H19ClN6OS2. The molecule has 10 heteroatoms. The van der Waals surface area contributed by atoms with Crippen molar-refractivity contribution in [2.24, 2.45) is 0 Å². The first-order valence-electron chi connectivity index (χ1n) is 9.34. The lowest BCUT2D eigenvalue weighted by Crippen LogP contribution is -2.22. The Bertz CT molecular complexity index is 1240. The molecule has 0 aliphatic rings. The molecule has 0 radical (unpaired) electrons. The fourth-order valence-electron chi connectivity index (χ4n) is 3.00. The number of nitrogens with two attached hydrogens (primary N) is 1. The van der Waals surface area contributed by atoms with E-state index in [1.807, 2.05) is 54.8 Å². The van der Waals surface area contributed by atoms with Crippen molar-refractivity contribution in [3.8, 4) is 11.4 Å². The maximum atomic E-state index is 12.3. The van der Waals surface area contributed by atoms with Crippen molar-refractivity contribution >= 4 is 51.4 Å². The van der Waals surface area contributed by atoms with Gasteiger partial charge in [-0.3, -0.25) is 9.69 Å². The van der Waals surface area contributed by atoms with Crippen molar-refractivity contribution < 1.29 is 4.79 Å². The first-order chi connectivity index (χ1) is 14.9. The summed E-state index contributed by atoms with van der Waals surface area (Å²) >= 11 is 9.08. The summed E-state index contributed by atoms with van der Waals surface area (Å²) in [4.78, 5) is 18.6. The number of rotatable bonds is 6. The van der Waals surface area contributed by atoms with Gasteiger partial charge in [-0.1, -0.05) is 47.6 Å². The van der Waals surface area contributed by atoms with Crippen LogP contribution in [0.1, 0.15) is 18.2 Å². The predicted octanol–water partition coefficient (Wildman–Crippen LogP) is 5.05. The van der Waals surface area contributed by atoms with E-state index in [9.17, 15) is 4.79 Å². The van der Waals surface area contributed by atoms with Gasteiger partial charge in [0.15, 0.2) is 11.0 Å². The van der Waals surface area contributed by atoms with E-state index in [-0.39, 0.29) is 5.91 Å². The van der Waals surface area contributed by atoms with E-state index in [0.29, 0.717) is 26.9 Å². The minimum Gasteiger partial charge on any atom is -0.335 e. The predicted molar refractivity (Wildman–Crippen MR) is 126 cm³/mol. The van der Waals surface area contributed by atoms with Crippen molar-refractivity contribution in [3.05, 3.63) is 70.2 Å². The van der Waals surface area contributed by atoms with Gasteiger partial charge in [-0.05, 0) is 36.8 Å². The monoisotopic (exact) mass is 470 g/mol. The molecule has 0 saturated carbocycles. The van der Waals surface area contributed by atoms with E-state index in [1.165, 1.54) is 34.7 Å². The van der Waals surface area contributed by atoms with E-state index in [2.05, 4.69) is 15.2 Å².